The van der Waals surface area contributed by atoms with Crippen LogP contribution in [0.5, 0.6) is 5.75 Å². The molecule has 0 aliphatic heterocycles. The van der Waals surface area contributed by atoms with Gasteiger partial charge in [-0.1, -0.05) is 48.5 Å². The first-order valence-corrected chi connectivity index (χ1v) is 6.97. The first-order valence-electron chi connectivity index (χ1n) is 6.97. The van der Waals surface area contributed by atoms with Gasteiger partial charge in [0.2, 0.25) is 0 Å². The van der Waals surface area contributed by atoms with Crippen LogP contribution in [-0.4, -0.2) is 19.7 Å². The molecule has 0 radical (unpaired) electrons. The number of carbonyl (C=O) groups is 1. The Morgan fingerprint density at radius 2 is 1.71 bits per heavy atom. The summed E-state index contributed by atoms with van der Waals surface area (Å²) in [4.78, 5) is 11.7. The molecule has 2 N–H and O–H groups in total. The van der Waals surface area contributed by atoms with Gasteiger partial charge in [-0.15, -0.1) is 0 Å². The molecule has 0 aliphatic rings. The topological polar surface area (TPSA) is 50.4 Å². The van der Waals surface area contributed by atoms with Crippen LogP contribution < -0.4 is 15.4 Å². The average molecular weight is 284 g/mol. The molecule has 0 unspecified atom stereocenters. The van der Waals surface area contributed by atoms with Gasteiger partial charge in [-0.25, -0.2) is 4.79 Å². The summed E-state index contributed by atoms with van der Waals surface area (Å²) in [6.45, 7) is 1.10. The number of carbonyl (C=O) groups excluding carboxylic acids is 1. The zero-order chi connectivity index (χ0) is 14.9. The van der Waals surface area contributed by atoms with Gasteiger partial charge in [-0.2, -0.15) is 0 Å². The zero-order valence-electron chi connectivity index (χ0n) is 12.1. The van der Waals surface area contributed by atoms with E-state index in [2.05, 4.69) is 10.6 Å². The third-order valence-corrected chi connectivity index (χ3v) is 3.17. The first kappa shape index (κ1) is 14.9. The molecule has 21 heavy (non-hydrogen) atoms. The molecule has 0 saturated carbocycles. The van der Waals surface area contributed by atoms with Crippen molar-refractivity contribution in [1.29, 1.82) is 0 Å². The minimum Gasteiger partial charge on any atom is -0.496 e. The molecule has 0 aliphatic carbocycles. The summed E-state index contributed by atoms with van der Waals surface area (Å²) in [5.41, 5.74) is 2.17. The van der Waals surface area contributed by atoms with Crippen molar-refractivity contribution >= 4 is 6.03 Å². The average Bonchev–Trinajstić information content (AvgIpc) is 2.54. The second kappa shape index (κ2) is 7.94. The molecule has 2 amide bonds. The molecule has 2 aromatic rings. The van der Waals surface area contributed by atoms with Crippen LogP contribution in [0.15, 0.2) is 54.6 Å². The molecule has 110 valence electrons. The minimum atomic E-state index is -0.159. The van der Waals surface area contributed by atoms with Gasteiger partial charge in [0.1, 0.15) is 5.75 Å². The summed E-state index contributed by atoms with van der Waals surface area (Å²) >= 11 is 0. The lowest BCUT2D eigenvalue weighted by Gasteiger charge is -2.10. The maximum atomic E-state index is 11.7. The predicted octanol–water partition coefficient (Wildman–Crippen LogP) is 2.74. The van der Waals surface area contributed by atoms with E-state index in [4.69, 9.17) is 4.74 Å². The van der Waals surface area contributed by atoms with E-state index in [9.17, 15) is 4.79 Å². The number of rotatable bonds is 6. The molecule has 4 heteroatoms. The number of hydrogen-bond acceptors (Lipinski definition) is 2. The van der Waals surface area contributed by atoms with Crippen LogP contribution in [0.2, 0.25) is 0 Å². The highest BCUT2D eigenvalue weighted by Gasteiger charge is 2.03. The van der Waals surface area contributed by atoms with Crippen molar-refractivity contribution in [1.82, 2.24) is 10.6 Å². The normalized spacial score (nSPS) is 9.95. The number of benzene rings is 2. The molecule has 0 saturated heterocycles. The van der Waals surface area contributed by atoms with E-state index in [1.807, 2.05) is 54.6 Å². The van der Waals surface area contributed by atoms with Crippen LogP contribution in [0.4, 0.5) is 4.79 Å². The van der Waals surface area contributed by atoms with Gasteiger partial charge >= 0.3 is 6.03 Å². The smallest absolute Gasteiger partial charge is 0.315 e. The van der Waals surface area contributed by atoms with Gasteiger partial charge in [0.25, 0.3) is 0 Å². The van der Waals surface area contributed by atoms with Crippen molar-refractivity contribution in [3.05, 3.63) is 65.7 Å². The SMILES string of the molecule is COc1ccccc1CCNC(=O)NCc1ccccc1. The van der Waals surface area contributed by atoms with Gasteiger partial charge in [-0.3, -0.25) is 0 Å². The maximum Gasteiger partial charge on any atom is 0.315 e. The number of para-hydroxylation sites is 1. The zero-order valence-corrected chi connectivity index (χ0v) is 12.1. The quantitative estimate of drug-likeness (QED) is 0.857. The second-order valence-corrected chi connectivity index (χ2v) is 4.66. The van der Waals surface area contributed by atoms with Crippen molar-refractivity contribution in [2.75, 3.05) is 13.7 Å². The standard InChI is InChI=1S/C17H20N2O2/c1-21-16-10-6-5-9-15(16)11-12-18-17(20)19-13-14-7-3-2-4-8-14/h2-10H,11-13H2,1H3,(H2,18,19,20). The molecular formula is C17H20N2O2. The summed E-state index contributed by atoms with van der Waals surface area (Å²) in [5.74, 6) is 0.851. The lowest BCUT2D eigenvalue weighted by atomic mass is 10.1. The van der Waals surface area contributed by atoms with Crippen LogP contribution in [-0.2, 0) is 13.0 Å². The molecule has 2 rings (SSSR count). The number of amides is 2. The van der Waals surface area contributed by atoms with E-state index >= 15 is 0 Å². The second-order valence-electron chi connectivity index (χ2n) is 4.66. The largest absolute Gasteiger partial charge is 0.496 e. The Labute approximate surface area is 125 Å². The van der Waals surface area contributed by atoms with E-state index in [0.29, 0.717) is 13.1 Å². The van der Waals surface area contributed by atoms with Crippen LogP contribution in [0, 0.1) is 0 Å². The van der Waals surface area contributed by atoms with Gasteiger partial charge in [0, 0.05) is 13.1 Å². The highest BCUT2D eigenvalue weighted by molar-refractivity contribution is 5.73. The van der Waals surface area contributed by atoms with E-state index in [1.54, 1.807) is 7.11 Å². The number of urea groups is 1. The summed E-state index contributed by atoms with van der Waals surface area (Å²) in [6.07, 6.45) is 0.739. The van der Waals surface area contributed by atoms with Gasteiger partial charge < -0.3 is 15.4 Å². The summed E-state index contributed by atoms with van der Waals surface area (Å²) < 4.78 is 5.28. The van der Waals surface area contributed by atoms with Crippen molar-refractivity contribution in [3.8, 4) is 5.75 Å². The van der Waals surface area contributed by atoms with Crippen molar-refractivity contribution in [3.63, 3.8) is 0 Å². The molecule has 0 spiro atoms. The third kappa shape index (κ3) is 4.84. The summed E-state index contributed by atoms with van der Waals surface area (Å²) in [6, 6.07) is 17.5. The van der Waals surface area contributed by atoms with Crippen molar-refractivity contribution < 1.29 is 9.53 Å². The molecule has 0 heterocycles. The Morgan fingerprint density at radius 3 is 2.48 bits per heavy atom. The first-order chi connectivity index (χ1) is 10.3. The summed E-state index contributed by atoms with van der Waals surface area (Å²) in [7, 11) is 1.65. The molecular weight excluding hydrogens is 264 g/mol. The Morgan fingerprint density at radius 1 is 1.00 bits per heavy atom. The van der Waals surface area contributed by atoms with Gasteiger partial charge in [-0.05, 0) is 23.6 Å². The van der Waals surface area contributed by atoms with E-state index in [-0.39, 0.29) is 6.03 Å². The highest BCUT2D eigenvalue weighted by Crippen LogP contribution is 2.17. The predicted molar refractivity (Wildman–Crippen MR) is 83.4 cm³/mol. The Hall–Kier alpha value is -2.49. The lowest BCUT2D eigenvalue weighted by molar-refractivity contribution is 0.240. The number of methoxy groups -OCH3 is 1. The lowest BCUT2D eigenvalue weighted by Crippen LogP contribution is -2.36. The minimum absolute atomic E-state index is 0.159. The van der Waals surface area contributed by atoms with Crippen LogP contribution in [0.25, 0.3) is 0 Å². The number of ether oxygens (including phenoxy) is 1. The fourth-order valence-electron chi connectivity index (χ4n) is 2.06. The Bertz CT molecular complexity index is 570. The van der Waals surface area contributed by atoms with E-state index in [1.165, 1.54) is 0 Å². The molecule has 0 atom stereocenters. The third-order valence-electron chi connectivity index (χ3n) is 3.17. The fraction of sp³-hybridized carbons (Fsp3) is 0.235. The maximum absolute atomic E-state index is 11.7. The van der Waals surface area contributed by atoms with Crippen LogP contribution in [0.1, 0.15) is 11.1 Å². The molecule has 4 nitrogen and oxygen atoms in total. The van der Waals surface area contributed by atoms with Crippen molar-refractivity contribution in [2.24, 2.45) is 0 Å². The summed E-state index contributed by atoms with van der Waals surface area (Å²) in [5, 5.41) is 5.68. The number of hydrogen-bond donors (Lipinski definition) is 2. The molecule has 0 aromatic heterocycles. The van der Waals surface area contributed by atoms with Gasteiger partial charge in [0.05, 0.1) is 7.11 Å². The molecule has 2 aromatic carbocycles. The monoisotopic (exact) mass is 284 g/mol. The Balaban J connectivity index is 1.72. The van der Waals surface area contributed by atoms with E-state index < -0.39 is 0 Å². The highest BCUT2D eigenvalue weighted by atomic mass is 16.5. The van der Waals surface area contributed by atoms with Crippen LogP contribution >= 0.6 is 0 Å². The number of nitrogens with one attached hydrogen (secondary N) is 2. The fourth-order valence-corrected chi connectivity index (χ4v) is 2.06. The molecule has 0 fully saturated rings. The Kier molecular flexibility index (Phi) is 5.64. The molecule has 0 bridgehead atoms. The van der Waals surface area contributed by atoms with Crippen LogP contribution in [0.3, 0.4) is 0 Å². The van der Waals surface area contributed by atoms with Crippen molar-refractivity contribution in [2.45, 2.75) is 13.0 Å². The van der Waals surface area contributed by atoms with E-state index in [0.717, 1.165) is 23.3 Å². The van der Waals surface area contributed by atoms with Gasteiger partial charge in [0.15, 0.2) is 0 Å².